The van der Waals surface area contributed by atoms with Crippen LogP contribution in [0.2, 0.25) is 0 Å². The Labute approximate surface area is 136 Å². The van der Waals surface area contributed by atoms with Gasteiger partial charge in [-0.05, 0) is 30.0 Å². The molecular formula is C20H22FNO. The third-order valence-electron chi connectivity index (χ3n) is 4.59. The maximum Gasteiger partial charge on any atom is 0.227 e. The maximum atomic E-state index is 13.8. The average Bonchev–Trinajstić information content (AvgIpc) is 2.84. The highest BCUT2D eigenvalue weighted by atomic mass is 19.1. The van der Waals surface area contributed by atoms with Gasteiger partial charge in [0.25, 0.3) is 0 Å². The molecule has 1 unspecified atom stereocenters. The molecule has 1 aliphatic rings. The number of hydrogen-bond acceptors (Lipinski definition) is 1. The highest BCUT2D eigenvalue weighted by molar-refractivity contribution is 5.79. The van der Waals surface area contributed by atoms with Crippen molar-refractivity contribution in [3.05, 3.63) is 71.5 Å². The minimum atomic E-state index is -0.296. The molecule has 23 heavy (non-hydrogen) atoms. The van der Waals surface area contributed by atoms with E-state index in [-0.39, 0.29) is 18.1 Å². The number of nitrogens with zero attached hydrogens (tertiary/aromatic N) is 1. The lowest BCUT2D eigenvalue weighted by Gasteiger charge is -2.25. The lowest BCUT2D eigenvalue weighted by atomic mass is 9.94. The number of likely N-dealkylation sites (tertiary alicyclic amines) is 1. The van der Waals surface area contributed by atoms with Crippen LogP contribution >= 0.6 is 0 Å². The van der Waals surface area contributed by atoms with Gasteiger partial charge in [-0.15, -0.1) is 0 Å². The molecule has 0 saturated carbocycles. The summed E-state index contributed by atoms with van der Waals surface area (Å²) in [7, 11) is 0. The SMILES string of the molecule is O=C(Cc1ccccc1F)N1CCCCC(c2ccccc2)C1. The molecule has 1 heterocycles. The Morgan fingerprint density at radius 1 is 1.04 bits per heavy atom. The minimum Gasteiger partial charge on any atom is -0.342 e. The first-order valence-corrected chi connectivity index (χ1v) is 8.30. The van der Waals surface area contributed by atoms with Crippen LogP contribution in [-0.2, 0) is 11.2 Å². The second-order valence-electron chi connectivity index (χ2n) is 6.21. The van der Waals surface area contributed by atoms with Crippen molar-refractivity contribution in [3.63, 3.8) is 0 Å². The Balaban J connectivity index is 1.71. The van der Waals surface area contributed by atoms with E-state index in [1.54, 1.807) is 18.2 Å². The van der Waals surface area contributed by atoms with Gasteiger partial charge in [0, 0.05) is 19.0 Å². The summed E-state index contributed by atoms with van der Waals surface area (Å²) in [5.74, 6) is 0.108. The van der Waals surface area contributed by atoms with Crippen molar-refractivity contribution in [2.45, 2.75) is 31.6 Å². The van der Waals surface area contributed by atoms with Crippen molar-refractivity contribution in [1.82, 2.24) is 4.90 Å². The van der Waals surface area contributed by atoms with Gasteiger partial charge in [0.15, 0.2) is 0 Å². The second-order valence-corrected chi connectivity index (χ2v) is 6.21. The molecule has 1 amide bonds. The summed E-state index contributed by atoms with van der Waals surface area (Å²) >= 11 is 0. The summed E-state index contributed by atoms with van der Waals surface area (Å²) < 4.78 is 13.8. The average molecular weight is 311 g/mol. The van der Waals surface area contributed by atoms with Crippen LogP contribution in [0.1, 0.15) is 36.3 Å². The first-order chi connectivity index (χ1) is 11.2. The van der Waals surface area contributed by atoms with E-state index in [1.165, 1.54) is 11.6 Å². The van der Waals surface area contributed by atoms with Crippen molar-refractivity contribution in [1.29, 1.82) is 0 Å². The first-order valence-electron chi connectivity index (χ1n) is 8.30. The van der Waals surface area contributed by atoms with Crippen LogP contribution in [0.3, 0.4) is 0 Å². The largest absolute Gasteiger partial charge is 0.342 e. The summed E-state index contributed by atoms with van der Waals surface area (Å²) in [4.78, 5) is 14.5. The van der Waals surface area contributed by atoms with Crippen molar-refractivity contribution in [2.75, 3.05) is 13.1 Å². The molecule has 120 valence electrons. The summed E-state index contributed by atoms with van der Waals surface area (Å²) in [6.07, 6.45) is 3.40. The van der Waals surface area contributed by atoms with E-state index in [4.69, 9.17) is 0 Å². The molecule has 0 bridgehead atoms. The third-order valence-corrected chi connectivity index (χ3v) is 4.59. The number of benzene rings is 2. The predicted octanol–water partition coefficient (Wildman–Crippen LogP) is 4.16. The number of carbonyl (C=O) groups excluding carboxylic acids is 1. The molecule has 1 fully saturated rings. The molecule has 2 aromatic rings. The van der Waals surface area contributed by atoms with Crippen LogP contribution in [-0.4, -0.2) is 23.9 Å². The lowest BCUT2D eigenvalue weighted by molar-refractivity contribution is -0.130. The zero-order valence-corrected chi connectivity index (χ0v) is 13.2. The third kappa shape index (κ3) is 3.98. The van der Waals surface area contributed by atoms with E-state index in [0.29, 0.717) is 11.5 Å². The second kappa shape index (κ2) is 7.40. The molecule has 1 saturated heterocycles. The Hall–Kier alpha value is -2.16. The molecular weight excluding hydrogens is 289 g/mol. The van der Waals surface area contributed by atoms with Crippen molar-refractivity contribution < 1.29 is 9.18 Å². The Bertz CT molecular complexity index is 656. The molecule has 2 aromatic carbocycles. The van der Waals surface area contributed by atoms with E-state index in [9.17, 15) is 9.18 Å². The van der Waals surface area contributed by atoms with E-state index >= 15 is 0 Å². The van der Waals surface area contributed by atoms with E-state index in [0.717, 1.165) is 32.4 Å². The lowest BCUT2D eigenvalue weighted by Crippen LogP contribution is -2.35. The minimum absolute atomic E-state index is 0.0259. The van der Waals surface area contributed by atoms with E-state index in [2.05, 4.69) is 12.1 Å². The van der Waals surface area contributed by atoms with Gasteiger partial charge in [-0.1, -0.05) is 55.0 Å². The van der Waals surface area contributed by atoms with Gasteiger partial charge >= 0.3 is 0 Å². The number of amides is 1. The van der Waals surface area contributed by atoms with Gasteiger partial charge in [-0.2, -0.15) is 0 Å². The smallest absolute Gasteiger partial charge is 0.227 e. The number of carbonyl (C=O) groups is 1. The van der Waals surface area contributed by atoms with Gasteiger partial charge in [0.05, 0.1) is 6.42 Å². The maximum absolute atomic E-state index is 13.8. The summed E-state index contributed by atoms with van der Waals surface area (Å²) in [5, 5.41) is 0. The topological polar surface area (TPSA) is 20.3 Å². The Kier molecular flexibility index (Phi) is 5.06. The Morgan fingerprint density at radius 2 is 1.78 bits per heavy atom. The van der Waals surface area contributed by atoms with E-state index in [1.807, 2.05) is 23.1 Å². The van der Waals surface area contributed by atoms with Gasteiger partial charge in [0.1, 0.15) is 5.82 Å². The molecule has 0 radical (unpaired) electrons. The molecule has 0 N–H and O–H groups in total. The number of rotatable bonds is 3. The van der Waals surface area contributed by atoms with Crippen LogP contribution in [0, 0.1) is 5.82 Å². The number of hydrogen-bond donors (Lipinski definition) is 0. The van der Waals surface area contributed by atoms with Crippen LogP contribution in [0.25, 0.3) is 0 Å². The fraction of sp³-hybridized carbons (Fsp3) is 0.350. The highest BCUT2D eigenvalue weighted by Crippen LogP contribution is 2.26. The van der Waals surface area contributed by atoms with Crippen LogP contribution in [0.4, 0.5) is 4.39 Å². The van der Waals surface area contributed by atoms with Gasteiger partial charge < -0.3 is 4.90 Å². The zero-order chi connectivity index (χ0) is 16.1. The number of halogens is 1. The van der Waals surface area contributed by atoms with Crippen molar-refractivity contribution in [2.24, 2.45) is 0 Å². The molecule has 2 nitrogen and oxygen atoms in total. The fourth-order valence-electron chi connectivity index (χ4n) is 3.28. The summed E-state index contributed by atoms with van der Waals surface area (Å²) in [5.41, 5.74) is 1.77. The predicted molar refractivity (Wildman–Crippen MR) is 89.7 cm³/mol. The fourth-order valence-corrected chi connectivity index (χ4v) is 3.28. The quantitative estimate of drug-likeness (QED) is 0.833. The summed E-state index contributed by atoms with van der Waals surface area (Å²) in [6.45, 7) is 1.51. The molecule has 3 heteroatoms. The zero-order valence-electron chi connectivity index (χ0n) is 13.2. The standard InChI is InChI=1S/C20H22FNO/c21-19-12-5-4-10-17(19)14-20(23)22-13-7-6-11-18(15-22)16-8-2-1-3-9-16/h1-5,8-10,12,18H,6-7,11,13-15H2. The summed E-state index contributed by atoms with van der Waals surface area (Å²) in [6, 6.07) is 16.9. The van der Waals surface area contributed by atoms with Gasteiger partial charge in [-0.25, -0.2) is 4.39 Å². The van der Waals surface area contributed by atoms with Crippen molar-refractivity contribution >= 4 is 5.91 Å². The Morgan fingerprint density at radius 3 is 2.57 bits per heavy atom. The molecule has 0 aromatic heterocycles. The monoisotopic (exact) mass is 311 g/mol. The van der Waals surface area contributed by atoms with Crippen LogP contribution in [0.5, 0.6) is 0 Å². The highest BCUT2D eigenvalue weighted by Gasteiger charge is 2.23. The molecule has 1 aliphatic heterocycles. The van der Waals surface area contributed by atoms with Gasteiger partial charge in [0.2, 0.25) is 5.91 Å². The first kappa shape index (κ1) is 15.7. The molecule has 0 aliphatic carbocycles. The molecule has 3 rings (SSSR count). The van der Waals surface area contributed by atoms with Crippen molar-refractivity contribution in [3.8, 4) is 0 Å². The molecule has 0 spiro atoms. The van der Waals surface area contributed by atoms with Gasteiger partial charge in [-0.3, -0.25) is 4.79 Å². The van der Waals surface area contributed by atoms with Crippen LogP contribution < -0.4 is 0 Å². The van der Waals surface area contributed by atoms with Crippen LogP contribution in [0.15, 0.2) is 54.6 Å². The normalized spacial score (nSPS) is 18.5. The molecule has 1 atom stereocenters. The van der Waals surface area contributed by atoms with E-state index < -0.39 is 0 Å².